The standard InChI is InChI=1S/C7H15N3O/c1-9(2)7(11)10-5-3-4-8-6-10/h8H,3-6H2,1-2H3. The van der Waals surface area contributed by atoms with Gasteiger partial charge in [0.15, 0.2) is 0 Å². The Morgan fingerprint density at radius 3 is 2.73 bits per heavy atom. The Bertz CT molecular complexity index is 141. The third-order valence-electron chi connectivity index (χ3n) is 1.74. The first-order valence-electron chi connectivity index (χ1n) is 3.89. The van der Waals surface area contributed by atoms with Gasteiger partial charge in [-0.05, 0) is 13.0 Å². The maximum absolute atomic E-state index is 11.3. The van der Waals surface area contributed by atoms with Gasteiger partial charge in [0.2, 0.25) is 0 Å². The number of carbonyl (C=O) groups excluding carboxylic acids is 1. The van der Waals surface area contributed by atoms with E-state index in [0.717, 1.165) is 19.5 Å². The normalized spacial score (nSPS) is 18.2. The monoisotopic (exact) mass is 157 g/mol. The van der Waals surface area contributed by atoms with Crippen LogP contribution in [0.15, 0.2) is 0 Å². The van der Waals surface area contributed by atoms with Crippen LogP contribution in [-0.2, 0) is 0 Å². The van der Waals surface area contributed by atoms with Crippen LogP contribution in [0.2, 0.25) is 0 Å². The zero-order chi connectivity index (χ0) is 8.27. The van der Waals surface area contributed by atoms with E-state index < -0.39 is 0 Å². The fourth-order valence-corrected chi connectivity index (χ4v) is 1.13. The summed E-state index contributed by atoms with van der Waals surface area (Å²) in [6, 6.07) is 0.0946. The van der Waals surface area contributed by atoms with Crippen LogP contribution < -0.4 is 5.32 Å². The molecule has 0 aromatic heterocycles. The lowest BCUT2D eigenvalue weighted by Gasteiger charge is -2.29. The molecule has 0 saturated carbocycles. The predicted molar refractivity (Wildman–Crippen MR) is 43.3 cm³/mol. The summed E-state index contributed by atoms with van der Waals surface area (Å²) in [6.07, 6.45) is 1.06. The molecule has 0 unspecified atom stereocenters. The van der Waals surface area contributed by atoms with Gasteiger partial charge in [-0.25, -0.2) is 4.79 Å². The maximum Gasteiger partial charge on any atom is 0.320 e. The third-order valence-corrected chi connectivity index (χ3v) is 1.74. The quantitative estimate of drug-likeness (QED) is 0.534. The lowest BCUT2D eigenvalue weighted by molar-refractivity contribution is 0.157. The number of hydrogen-bond donors (Lipinski definition) is 1. The molecule has 0 atom stereocenters. The molecule has 0 aliphatic carbocycles. The molecule has 2 amide bonds. The highest BCUT2D eigenvalue weighted by molar-refractivity contribution is 5.73. The fourth-order valence-electron chi connectivity index (χ4n) is 1.13. The topological polar surface area (TPSA) is 35.6 Å². The van der Waals surface area contributed by atoms with E-state index in [1.165, 1.54) is 0 Å². The van der Waals surface area contributed by atoms with Crippen molar-refractivity contribution in [1.29, 1.82) is 0 Å². The second kappa shape index (κ2) is 3.57. The lowest BCUT2D eigenvalue weighted by atomic mass is 10.3. The molecule has 11 heavy (non-hydrogen) atoms. The van der Waals surface area contributed by atoms with Crippen molar-refractivity contribution in [1.82, 2.24) is 15.1 Å². The van der Waals surface area contributed by atoms with E-state index in [9.17, 15) is 4.79 Å². The molecule has 4 nitrogen and oxygen atoms in total. The summed E-state index contributed by atoms with van der Waals surface area (Å²) in [7, 11) is 3.55. The molecule has 1 rings (SSSR count). The number of carbonyl (C=O) groups is 1. The first-order valence-corrected chi connectivity index (χ1v) is 3.89. The molecule has 0 bridgehead atoms. The van der Waals surface area contributed by atoms with Crippen LogP contribution in [0.1, 0.15) is 6.42 Å². The minimum Gasteiger partial charge on any atom is -0.331 e. The largest absolute Gasteiger partial charge is 0.331 e. The Labute approximate surface area is 67.2 Å². The molecule has 1 fully saturated rings. The highest BCUT2D eigenvalue weighted by atomic mass is 16.2. The zero-order valence-corrected chi connectivity index (χ0v) is 7.13. The Morgan fingerprint density at radius 2 is 2.27 bits per heavy atom. The molecule has 0 aromatic carbocycles. The summed E-state index contributed by atoms with van der Waals surface area (Å²) < 4.78 is 0. The number of nitrogens with zero attached hydrogens (tertiary/aromatic N) is 2. The van der Waals surface area contributed by atoms with Gasteiger partial charge in [0.25, 0.3) is 0 Å². The summed E-state index contributed by atoms with van der Waals surface area (Å²) >= 11 is 0. The lowest BCUT2D eigenvalue weighted by Crippen LogP contribution is -2.48. The molecule has 1 heterocycles. The van der Waals surface area contributed by atoms with Gasteiger partial charge in [0.1, 0.15) is 0 Å². The molecular formula is C7H15N3O. The van der Waals surface area contributed by atoms with Crippen LogP contribution >= 0.6 is 0 Å². The highest BCUT2D eigenvalue weighted by Gasteiger charge is 2.16. The second-order valence-corrected chi connectivity index (χ2v) is 2.95. The molecule has 1 saturated heterocycles. The number of rotatable bonds is 0. The van der Waals surface area contributed by atoms with E-state index in [2.05, 4.69) is 5.32 Å². The van der Waals surface area contributed by atoms with Gasteiger partial charge in [-0.15, -0.1) is 0 Å². The van der Waals surface area contributed by atoms with Crippen molar-refractivity contribution in [2.75, 3.05) is 33.9 Å². The predicted octanol–water partition coefficient (Wildman–Crippen LogP) is -0.0792. The number of hydrogen-bond acceptors (Lipinski definition) is 2. The van der Waals surface area contributed by atoms with E-state index in [0.29, 0.717) is 6.67 Å². The van der Waals surface area contributed by atoms with Crippen LogP contribution in [-0.4, -0.2) is 49.7 Å². The van der Waals surface area contributed by atoms with E-state index in [1.807, 2.05) is 4.90 Å². The van der Waals surface area contributed by atoms with Gasteiger partial charge in [0.05, 0.1) is 6.67 Å². The minimum absolute atomic E-state index is 0.0946. The first kappa shape index (κ1) is 8.33. The van der Waals surface area contributed by atoms with Gasteiger partial charge in [0, 0.05) is 20.6 Å². The third kappa shape index (κ3) is 2.08. The van der Waals surface area contributed by atoms with Gasteiger partial charge < -0.3 is 9.80 Å². The zero-order valence-electron chi connectivity index (χ0n) is 7.13. The van der Waals surface area contributed by atoms with Gasteiger partial charge in [-0.2, -0.15) is 0 Å². The van der Waals surface area contributed by atoms with Crippen LogP contribution in [0.4, 0.5) is 4.79 Å². The molecule has 0 aromatic rings. The Balaban J connectivity index is 2.39. The van der Waals surface area contributed by atoms with Crippen LogP contribution in [0.25, 0.3) is 0 Å². The summed E-state index contributed by atoms with van der Waals surface area (Å²) in [5.74, 6) is 0. The Kier molecular flexibility index (Phi) is 2.70. The van der Waals surface area contributed by atoms with Crippen molar-refractivity contribution < 1.29 is 4.79 Å². The molecule has 0 radical (unpaired) electrons. The molecular weight excluding hydrogens is 142 g/mol. The van der Waals surface area contributed by atoms with Crippen molar-refractivity contribution in [2.45, 2.75) is 6.42 Å². The van der Waals surface area contributed by atoms with E-state index in [-0.39, 0.29) is 6.03 Å². The van der Waals surface area contributed by atoms with Gasteiger partial charge in [-0.1, -0.05) is 0 Å². The average Bonchev–Trinajstić information content (AvgIpc) is 2.05. The van der Waals surface area contributed by atoms with Crippen LogP contribution in [0.3, 0.4) is 0 Å². The highest BCUT2D eigenvalue weighted by Crippen LogP contribution is 1.98. The molecule has 1 N–H and O–H groups in total. The summed E-state index contributed by atoms with van der Waals surface area (Å²) in [5, 5.41) is 3.15. The fraction of sp³-hybridized carbons (Fsp3) is 0.857. The van der Waals surface area contributed by atoms with Crippen molar-refractivity contribution in [3.05, 3.63) is 0 Å². The molecule has 1 aliphatic heterocycles. The van der Waals surface area contributed by atoms with Crippen LogP contribution in [0.5, 0.6) is 0 Å². The summed E-state index contributed by atoms with van der Waals surface area (Å²) in [6.45, 7) is 2.60. The average molecular weight is 157 g/mol. The van der Waals surface area contributed by atoms with Crippen molar-refractivity contribution in [3.63, 3.8) is 0 Å². The van der Waals surface area contributed by atoms with E-state index >= 15 is 0 Å². The maximum atomic E-state index is 11.3. The number of amides is 2. The number of nitrogens with one attached hydrogen (secondary N) is 1. The van der Waals surface area contributed by atoms with Gasteiger partial charge in [-0.3, -0.25) is 5.32 Å². The molecule has 1 aliphatic rings. The molecule has 64 valence electrons. The van der Waals surface area contributed by atoms with E-state index in [1.54, 1.807) is 19.0 Å². The first-order chi connectivity index (χ1) is 5.22. The summed E-state index contributed by atoms with van der Waals surface area (Å²) in [4.78, 5) is 14.7. The van der Waals surface area contributed by atoms with Crippen molar-refractivity contribution in [2.24, 2.45) is 0 Å². The molecule has 4 heteroatoms. The minimum atomic E-state index is 0.0946. The smallest absolute Gasteiger partial charge is 0.320 e. The SMILES string of the molecule is CN(C)C(=O)N1CCCNC1. The molecule has 0 spiro atoms. The Morgan fingerprint density at radius 1 is 1.55 bits per heavy atom. The summed E-state index contributed by atoms with van der Waals surface area (Å²) in [5.41, 5.74) is 0. The van der Waals surface area contributed by atoms with Gasteiger partial charge >= 0.3 is 6.03 Å². The van der Waals surface area contributed by atoms with Crippen molar-refractivity contribution >= 4 is 6.03 Å². The van der Waals surface area contributed by atoms with Crippen LogP contribution in [0, 0.1) is 0 Å². The number of urea groups is 1. The Hall–Kier alpha value is -0.770. The second-order valence-electron chi connectivity index (χ2n) is 2.95. The van der Waals surface area contributed by atoms with Crippen molar-refractivity contribution in [3.8, 4) is 0 Å². The van der Waals surface area contributed by atoms with E-state index in [4.69, 9.17) is 0 Å².